The van der Waals surface area contributed by atoms with E-state index in [0.29, 0.717) is 41.0 Å². The van der Waals surface area contributed by atoms with Crippen LogP contribution in [0.1, 0.15) is 45.4 Å². The second-order valence-electron chi connectivity index (χ2n) is 8.60. The average molecular weight is 532 g/mol. The molecule has 2 aromatic heterocycles. The zero-order chi connectivity index (χ0) is 26.8. The van der Waals surface area contributed by atoms with Crippen molar-refractivity contribution >= 4 is 28.2 Å². The molecule has 5 rings (SSSR count). The van der Waals surface area contributed by atoms with Crippen LogP contribution in [0.5, 0.6) is 11.5 Å². The number of hydrogen-bond donors (Lipinski definition) is 1. The molecule has 0 saturated heterocycles. The number of hydrogen-bond acceptors (Lipinski definition) is 9. The monoisotopic (exact) mass is 531 g/mol. The third-order valence-corrected chi connectivity index (χ3v) is 6.80. The van der Waals surface area contributed by atoms with Crippen LogP contribution in [0.3, 0.4) is 0 Å². The Morgan fingerprint density at radius 1 is 1.05 bits per heavy atom. The molecule has 1 aliphatic rings. The van der Waals surface area contributed by atoms with E-state index < -0.39 is 23.5 Å². The number of aliphatic hydroxyl groups is 1. The summed E-state index contributed by atoms with van der Waals surface area (Å²) < 4.78 is 17.4. The number of ether oxygens (including phenoxy) is 2. The Hall–Kier alpha value is -4.44. The normalized spacial score (nSPS) is 15.3. The Morgan fingerprint density at radius 3 is 2.50 bits per heavy atom. The maximum absolute atomic E-state index is 13.5. The number of Topliss-reactive ketones (excluding diaryl/α,β-unsaturated/α-hetero) is 1. The fourth-order valence-electron chi connectivity index (χ4n) is 4.24. The number of benzene rings is 2. The lowest BCUT2D eigenvalue weighted by molar-refractivity contribution is -0.117. The van der Waals surface area contributed by atoms with Gasteiger partial charge in [-0.25, -0.2) is 0 Å². The molecule has 0 aliphatic carbocycles. The van der Waals surface area contributed by atoms with Crippen molar-refractivity contribution in [2.24, 2.45) is 0 Å². The topological polar surface area (TPSA) is 115 Å². The van der Waals surface area contributed by atoms with E-state index in [0.717, 1.165) is 5.56 Å². The second-order valence-corrected chi connectivity index (χ2v) is 9.76. The third-order valence-electron chi connectivity index (χ3n) is 5.96. The predicted octanol–water partition coefficient (Wildman–Crippen LogP) is 5.51. The number of rotatable bonds is 9. The van der Waals surface area contributed by atoms with E-state index in [1.165, 1.54) is 22.3 Å². The highest BCUT2D eigenvalue weighted by molar-refractivity contribution is 7.15. The smallest absolute Gasteiger partial charge is 0.296 e. The molecule has 10 heteroatoms. The van der Waals surface area contributed by atoms with E-state index in [2.05, 4.69) is 10.2 Å². The first kappa shape index (κ1) is 25.2. The Kier molecular flexibility index (Phi) is 6.97. The van der Waals surface area contributed by atoms with E-state index in [1.54, 1.807) is 38.1 Å². The number of furan rings is 1. The van der Waals surface area contributed by atoms with Crippen LogP contribution in [0.25, 0.3) is 0 Å². The minimum absolute atomic E-state index is 0.0185. The number of aryl methyl sites for hydroxylation is 2. The van der Waals surface area contributed by atoms with Gasteiger partial charge in [-0.1, -0.05) is 47.7 Å². The molecule has 0 saturated carbocycles. The number of amides is 1. The van der Waals surface area contributed by atoms with Gasteiger partial charge >= 0.3 is 0 Å². The Balaban J connectivity index is 1.57. The molecule has 2 aromatic carbocycles. The summed E-state index contributed by atoms with van der Waals surface area (Å²) in [5.41, 5.74) is 1.41. The van der Waals surface area contributed by atoms with E-state index in [4.69, 9.17) is 13.9 Å². The van der Waals surface area contributed by atoms with Crippen molar-refractivity contribution in [2.75, 3.05) is 11.5 Å². The molecule has 4 aromatic rings. The number of anilines is 1. The van der Waals surface area contributed by atoms with Crippen molar-refractivity contribution < 1.29 is 28.6 Å². The molecule has 1 atom stereocenters. The van der Waals surface area contributed by atoms with Crippen LogP contribution in [0.4, 0.5) is 5.13 Å². The fraction of sp³-hybridized carbons (Fsp3) is 0.214. The van der Waals surface area contributed by atoms with Gasteiger partial charge in [-0.05, 0) is 56.2 Å². The molecule has 9 nitrogen and oxygen atoms in total. The van der Waals surface area contributed by atoms with Gasteiger partial charge in [-0.2, -0.15) is 0 Å². The van der Waals surface area contributed by atoms with Gasteiger partial charge in [0.1, 0.15) is 17.4 Å². The lowest BCUT2D eigenvalue weighted by Crippen LogP contribution is -2.31. The third kappa shape index (κ3) is 4.78. The summed E-state index contributed by atoms with van der Waals surface area (Å²) in [5, 5.41) is 20.0. The van der Waals surface area contributed by atoms with Gasteiger partial charge < -0.3 is 19.0 Å². The van der Waals surface area contributed by atoms with Gasteiger partial charge in [0.15, 0.2) is 23.0 Å². The molecule has 194 valence electrons. The van der Waals surface area contributed by atoms with Crippen molar-refractivity contribution in [3.63, 3.8) is 0 Å². The number of aromatic nitrogens is 2. The molecule has 38 heavy (non-hydrogen) atoms. The van der Waals surface area contributed by atoms with Gasteiger partial charge in [0, 0.05) is 0 Å². The molecule has 1 N–H and O–H groups in total. The van der Waals surface area contributed by atoms with Gasteiger partial charge in [-0.3, -0.25) is 14.5 Å². The van der Waals surface area contributed by atoms with Gasteiger partial charge in [0.25, 0.3) is 5.91 Å². The van der Waals surface area contributed by atoms with Crippen LogP contribution in [-0.2, 0) is 11.4 Å². The largest absolute Gasteiger partial charge is 0.503 e. The van der Waals surface area contributed by atoms with Crippen LogP contribution < -0.4 is 14.4 Å². The first-order valence-corrected chi connectivity index (χ1v) is 12.8. The number of ketones is 1. The Labute approximate surface area is 223 Å². The van der Waals surface area contributed by atoms with E-state index >= 15 is 0 Å². The molecule has 0 fully saturated rings. The van der Waals surface area contributed by atoms with Crippen LogP contribution in [0.15, 0.2) is 76.4 Å². The summed E-state index contributed by atoms with van der Waals surface area (Å²) in [6.45, 7) is 6.02. The summed E-state index contributed by atoms with van der Waals surface area (Å²) in [4.78, 5) is 28.1. The molecule has 3 heterocycles. The quantitative estimate of drug-likeness (QED) is 0.281. The average Bonchev–Trinajstić information content (AvgIpc) is 3.61. The SMILES string of the molecule is CCOc1cc(C2C(C(=O)c3ccc(C)o3)=C(O)C(=O)N2c2nnc(C)s2)ccc1OCc1ccccc1. The number of carbonyl (C=O) groups excluding carboxylic acids is 2. The van der Waals surface area contributed by atoms with E-state index in [-0.39, 0.29) is 16.5 Å². The molecule has 0 radical (unpaired) electrons. The lowest BCUT2D eigenvalue weighted by Gasteiger charge is -2.25. The van der Waals surface area contributed by atoms with Crippen molar-refractivity contribution in [1.29, 1.82) is 0 Å². The number of aliphatic hydroxyl groups excluding tert-OH is 1. The standard InChI is InChI=1S/C28H25N3O6S/c1-4-35-22-14-19(11-13-20(22)36-15-18-8-6-5-7-9-18)24-23(25(32)21-12-10-16(2)37-21)26(33)27(34)31(24)28-30-29-17(3)38-28/h5-14,24,33H,4,15H2,1-3H3. The number of nitrogens with zero attached hydrogens (tertiary/aromatic N) is 3. The van der Waals surface area contributed by atoms with Crippen LogP contribution >= 0.6 is 11.3 Å². The first-order valence-electron chi connectivity index (χ1n) is 12.0. The second kappa shape index (κ2) is 10.5. The van der Waals surface area contributed by atoms with Gasteiger partial charge in [0.05, 0.1) is 18.2 Å². The summed E-state index contributed by atoms with van der Waals surface area (Å²) in [7, 11) is 0. The van der Waals surface area contributed by atoms with Crippen LogP contribution in [0.2, 0.25) is 0 Å². The lowest BCUT2D eigenvalue weighted by atomic mass is 9.95. The molecule has 1 amide bonds. The Bertz CT molecular complexity index is 1520. The van der Waals surface area contributed by atoms with Crippen molar-refractivity contribution in [3.05, 3.63) is 99.7 Å². The maximum Gasteiger partial charge on any atom is 0.296 e. The summed E-state index contributed by atoms with van der Waals surface area (Å²) in [5.74, 6) is -0.516. The highest BCUT2D eigenvalue weighted by Crippen LogP contribution is 2.44. The molecule has 0 spiro atoms. The minimum Gasteiger partial charge on any atom is -0.503 e. The first-order chi connectivity index (χ1) is 18.4. The zero-order valence-electron chi connectivity index (χ0n) is 21.0. The summed E-state index contributed by atoms with van der Waals surface area (Å²) >= 11 is 1.18. The van der Waals surface area contributed by atoms with E-state index in [1.807, 2.05) is 37.3 Å². The van der Waals surface area contributed by atoms with Gasteiger partial charge in [-0.15, -0.1) is 10.2 Å². The van der Waals surface area contributed by atoms with Crippen molar-refractivity contribution in [2.45, 2.75) is 33.4 Å². The van der Waals surface area contributed by atoms with Crippen LogP contribution in [0, 0.1) is 13.8 Å². The number of carbonyl (C=O) groups is 2. The molecular weight excluding hydrogens is 506 g/mol. The van der Waals surface area contributed by atoms with Crippen molar-refractivity contribution in [3.8, 4) is 11.5 Å². The van der Waals surface area contributed by atoms with Crippen LogP contribution in [-0.4, -0.2) is 33.6 Å². The summed E-state index contributed by atoms with van der Waals surface area (Å²) in [6.07, 6.45) is 0. The molecule has 1 aliphatic heterocycles. The van der Waals surface area contributed by atoms with Crippen molar-refractivity contribution in [1.82, 2.24) is 10.2 Å². The van der Waals surface area contributed by atoms with Gasteiger partial charge in [0.2, 0.25) is 10.9 Å². The molecular formula is C28H25N3O6S. The predicted molar refractivity (Wildman–Crippen MR) is 141 cm³/mol. The maximum atomic E-state index is 13.5. The minimum atomic E-state index is -0.991. The fourth-order valence-corrected chi connectivity index (χ4v) is 4.95. The van der Waals surface area contributed by atoms with E-state index in [9.17, 15) is 14.7 Å². The summed E-state index contributed by atoms with van der Waals surface area (Å²) in [6, 6.07) is 17.1. The zero-order valence-corrected chi connectivity index (χ0v) is 21.8. The molecule has 1 unspecified atom stereocenters. The molecule has 0 bridgehead atoms. The highest BCUT2D eigenvalue weighted by atomic mass is 32.1. The Morgan fingerprint density at radius 2 is 1.84 bits per heavy atom. The highest BCUT2D eigenvalue weighted by Gasteiger charge is 2.47.